The van der Waals surface area contributed by atoms with Crippen LogP contribution in [0, 0.1) is 0 Å². The molecule has 0 spiro atoms. The number of hydrogen-bond donors (Lipinski definition) is 2. The molecule has 6 heteroatoms. The van der Waals surface area contributed by atoms with Crippen molar-refractivity contribution in [2.75, 3.05) is 24.1 Å². The van der Waals surface area contributed by atoms with Crippen molar-refractivity contribution in [1.82, 2.24) is 19.9 Å². The first-order valence-corrected chi connectivity index (χ1v) is 8.61. The van der Waals surface area contributed by atoms with E-state index in [9.17, 15) is 0 Å². The fourth-order valence-electron chi connectivity index (χ4n) is 2.75. The van der Waals surface area contributed by atoms with Gasteiger partial charge in [0, 0.05) is 13.1 Å². The van der Waals surface area contributed by atoms with Crippen LogP contribution in [0.15, 0.2) is 42.7 Å². The zero-order valence-corrected chi connectivity index (χ0v) is 14.7. The van der Waals surface area contributed by atoms with Crippen LogP contribution in [-0.4, -0.2) is 32.9 Å². The number of nitrogens with zero attached hydrogens (tertiary/aromatic N) is 4. The highest BCUT2D eigenvalue weighted by atomic mass is 15.1. The Morgan fingerprint density at radius 2 is 1.68 bits per heavy atom. The average molecular weight is 336 g/mol. The molecule has 25 heavy (non-hydrogen) atoms. The molecule has 0 saturated carbocycles. The molecule has 0 radical (unpaired) electrons. The summed E-state index contributed by atoms with van der Waals surface area (Å²) in [4.78, 5) is 15.1. The molecule has 0 aliphatic carbocycles. The molecule has 6 nitrogen and oxygen atoms in total. The molecule has 0 aliphatic rings. The summed E-state index contributed by atoms with van der Waals surface area (Å²) in [7, 11) is 0. The summed E-state index contributed by atoms with van der Waals surface area (Å²) in [6.07, 6.45) is 1.50. The number of pyridine rings is 1. The minimum absolute atomic E-state index is 0.459. The Morgan fingerprint density at radius 3 is 2.40 bits per heavy atom. The predicted octanol–water partition coefficient (Wildman–Crippen LogP) is 3.06. The number of hydrogen-bond acceptors (Lipinski definition) is 6. The molecule has 130 valence electrons. The first-order valence-electron chi connectivity index (χ1n) is 8.61. The Bertz CT molecular complexity index is 827. The van der Waals surface area contributed by atoms with Gasteiger partial charge in [-0.1, -0.05) is 38.1 Å². The van der Waals surface area contributed by atoms with Gasteiger partial charge in [0.1, 0.15) is 18.0 Å². The van der Waals surface area contributed by atoms with Gasteiger partial charge >= 0.3 is 0 Å². The van der Waals surface area contributed by atoms with Gasteiger partial charge < -0.3 is 11.1 Å². The van der Waals surface area contributed by atoms with Crippen molar-refractivity contribution in [1.29, 1.82) is 0 Å². The molecule has 3 aromatic rings. The Morgan fingerprint density at radius 1 is 0.960 bits per heavy atom. The maximum Gasteiger partial charge on any atom is 0.166 e. The molecule has 1 aromatic carbocycles. The number of rotatable bonds is 7. The van der Waals surface area contributed by atoms with Crippen molar-refractivity contribution in [3.8, 4) is 0 Å². The lowest BCUT2D eigenvalue weighted by molar-refractivity contribution is 0.296. The maximum absolute atomic E-state index is 5.71. The van der Waals surface area contributed by atoms with Crippen molar-refractivity contribution in [3.63, 3.8) is 0 Å². The summed E-state index contributed by atoms with van der Waals surface area (Å²) in [6, 6.07) is 12.4. The molecule has 0 fully saturated rings. The topological polar surface area (TPSA) is 80.0 Å². The highest BCUT2D eigenvalue weighted by Crippen LogP contribution is 2.19. The Labute approximate surface area is 148 Å². The van der Waals surface area contributed by atoms with Crippen LogP contribution < -0.4 is 11.1 Å². The molecule has 0 unspecified atom stereocenters. The van der Waals surface area contributed by atoms with E-state index in [1.165, 1.54) is 17.5 Å². The Balaban J connectivity index is 1.68. The molecule has 0 bridgehead atoms. The molecule has 2 aromatic heterocycles. The van der Waals surface area contributed by atoms with Gasteiger partial charge in [0.15, 0.2) is 5.65 Å². The second kappa shape index (κ2) is 7.90. The molecule has 0 amide bonds. The average Bonchev–Trinajstić information content (AvgIpc) is 2.65. The highest BCUT2D eigenvalue weighted by molar-refractivity contribution is 5.86. The standard InChI is InChI=1S/C19H24N6/c1-3-25(4-2)12-15-7-5-14(6-8-15)11-21-18-16-9-10-17(20)24-19(16)23-13-22-18/h5-10,13H,3-4,11-12H2,1-2H3,(H3,20,21,22,23,24). The number of nitrogens with one attached hydrogen (secondary N) is 1. The minimum Gasteiger partial charge on any atom is -0.384 e. The van der Waals surface area contributed by atoms with Crippen LogP contribution in [0.3, 0.4) is 0 Å². The van der Waals surface area contributed by atoms with Gasteiger partial charge in [0.05, 0.1) is 5.39 Å². The number of nitrogen functional groups attached to an aromatic ring is 1. The van der Waals surface area contributed by atoms with E-state index in [1.54, 1.807) is 6.07 Å². The van der Waals surface area contributed by atoms with Crippen molar-refractivity contribution >= 4 is 22.7 Å². The van der Waals surface area contributed by atoms with Crippen LogP contribution in [0.1, 0.15) is 25.0 Å². The van der Waals surface area contributed by atoms with Crippen LogP contribution in [0.5, 0.6) is 0 Å². The molecule has 3 N–H and O–H groups in total. The van der Waals surface area contributed by atoms with Gasteiger partial charge in [0.2, 0.25) is 0 Å². The van der Waals surface area contributed by atoms with Gasteiger partial charge in [-0.05, 0) is 36.3 Å². The normalized spacial score (nSPS) is 11.2. The Hall–Kier alpha value is -2.73. The monoisotopic (exact) mass is 336 g/mol. The second-order valence-corrected chi connectivity index (χ2v) is 5.96. The smallest absolute Gasteiger partial charge is 0.166 e. The fourth-order valence-corrected chi connectivity index (χ4v) is 2.75. The van der Waals surface area contributed by atoms with Crippen LogP contribution in [-0.2, 0) is 13.1 Å². The molecular weight excluding hydrogens is 312 g/mol. The lowest BCUT2D eigenvalue weighted by Gasteiger charge is -2.18. The van der Waals surface area contributed by atoms with Gasteiger partial charge in [0.25, 0.3) is 0 Å². The van der Waals surface area contributed by atoms with Gasteiger partial charge in [-0.15, -0.1) is 0 Å². The van der Waals surface area contributed by atoms with E-state index in [-0.39, 0.29) is 0 Å². The first kappa shape index (κ1) is 17.1. The summed E-state index contributed by atoms with van der Waals surface area (Å²) in [5.41, 5.74) is 8.86. The third-order valence-corrected chi connectivity index (χ3v) is 4.30. The molecular formula is C19H24N6. The number of aromatic nitrogens is 3. The summed E-state index contributed by atoms with van der Waals surface area (Å²) < 4.78 is 0. The number of anilines is 2. The van der Waals surface area contributed by atoms with Crippen molar-refractivity contribution in [2.45, 2.75) is 26.9 Å². The van der Waals surface area contributed by atoms with Crippen molar-refractivity contribution in [3.05, 3.63) is 53.9 Å². The van der Waals surface area contributed by atoms with Crippen LogP contribution in [0.2, 0.25) is 0 Å². The zero-order chi connectivity index (χ0) is 17.6. The van der Waals surface area contributed by atoms with E-state index in [1.807, 2.05) is 6.07 Å². The largest absolute Gasteiger partial charge is 0.384 e. The Kier molecular flexibility index (Phi) is 5.40. The van der Waals surface area contributed by atoms with Crippen molar-refractivity contribution < 1.29 is 0 Å². The van der Waals surface area contributed by atoms with Gasteiger partial charge in [-0.3, -0.25) is 4.90 Å². The van der Waals surface area contributed by atoms with E-state index in [0.29, 0.717) is 18.0 Å². The van der Waals surface area contributed by atoms with E-state index < -0.39 is 0 Å². The zero-order valence-electron chi connectivity index (χ0n) is 14.7. The van der Waals surface area contributed by atoms with Crippen LogP contribution in [0.4, 0.5) is 11.6 Å². The molecule has 0 atom stereocenters. The molecule has 0 aliphatic heterocycles. The quantitative estimate of drug-likeness (QED) is 0.690. The summed E-state index contributed by atoms with van der Waals surface area (Å²) in [6.45, 7) is 8.21. The first-order chi connectivity index (χ1) is 12.2. The van der Waals surface area contributed by atoms with Crippen molar-refractivity contribution in [2.24, 2.45) is 0 Å². The summed E-state index contributed by atoms with van der Waals surface area (Å²) in [5, 5.41) is 4.23. The molecule has 3 rings (SSSR count). The van der Waals surface area contributed by atoms with E-state index in [4.69, 9.17) is 5.73 Å². The third kappa shape index (κ3) is 4.22. The lowest BCUT2D eigenvalue weighted by Crippen LogP contribution is -2.22. The van der Waals surface area contributed by atoms with Crippen LogP contribution in [0.25, 0.3) is 11.0 Å². The SMILES string of the molecule is CCN(CC)Cc1ccc(CNc2ncnc3nc(N)ccc23)cc1. The maximum atomic E-state index is 5.71. The third-order valence-electron chi connectivity index (χ3n) is 4.30. The minimum atomic E-state index is 0.459. The van der Waals surface area contributed by atoms with Gasteiger partial charge in [-0.25, -0.2) is 15.0 Å². The summed E-state index contributed by atoms with van der Waals surface area (Å²) >= 11 is 0. The lowest BCUT2D eigenvalue weighted by atomic mass is 10.1. The number of benzene rings is 1. The van der Waals surface area contributed by atoms with E-state index >= 15 is 0 Å². The van der Waals surface area contributed by atoms with E-state index in [2.05, 4.69) is 63.3 Å². The number of nitrogens with two attached hydrogens (primary N) is 1. The predicted molar refractivity (Wildman–Crippen MR) is 102 cm³/mol. The fraction of sp³-hybridized carbons (Fsp3) is 0.316. The van der Waals surface area contributed by atoms with Gasteiger partial charge in [-0.2, -0.15) is 0 Å². The van der Waals surface area contributed by atoms with Crippen LogP contribution >= 0.6 is 0 Å². The number of fused-ring (bicyclic) bond motifs is 1. The summed E-state index contributed by atoms with van der Waals surface area (Å²) in [5.74, 6) is 1.23. The van der Waals surface area contributed by atoms with E-state index in [0.717, 1.165) is 30.8 Å². The second-order valence-electron chi connectivity index (χ2n) is 5.96. The molecule has 0 saturated heterocycles. The highest BCUT2D eigenvalue weighted by Gasteiger charge is 2.05. The molecule has 2 heterocycles.